The molecule has 3 aromatic rings. The zero-order valence-electron chi connectivity index (χ0n) is 13.7. The predicted octanol–water partition coefficient (Wildman–Crippen LogP) is 4.36. The quantitative estimate of drug-likeness (QED) is 0.683. The summed E-state index contributed by atoms with van der Waals surface area (Å²) in [6, 6.07) is 10.4. The molecule has 0 saturated heterocycles. The van der Waals surface area contributed by atoms with Gasteiger partial charge in [0.15, 0.2) is 0 Å². The van der Waals surface area contributed by atoms with E-state index in [-0.39, 0.29) is 0 Å². The third-order valence-corrected chi connectivity index (χ3v) is 4.67. The van der Waals surface area contributed by atoms with Crippen LogP contribution in [0.3, 0.4) is 0 Å². The summed E-state index contributed by atoms with van der Waals surface area (Å²) in [5.74, 6) is 2.67. The van der Waals surface area contributed by atoms with Crippen molar-refractivity contribution < 1.29 is 4.74 Å². The third-order valence-electron chi connectivity index (χ3n) is 3.72. The Morgan fingerprint density at radius 1 is 1.13 bits per heavy atom. The number of fused-ring (bicyclic) bond motifs is 1. The lowest BCUT2D eigenvalue weighted by Gasteiger charge is -2.08. The average Bonchev–Trinajstić information content (AvgIpc) is 2.92. The Labute approximate surface area is 140 Å². The van der Waals surface area contributed by atoms with Crippen LogP contribution in [0.5, 0.6) is 5.75 Å². The summed E-state index contributed by atoms with van der Waals surface area (Å²) in [5.41, 5.74) is 1.32. The number of nitrogens with one attached hydrogen (secondary N) is 1. The van der Waals surface area contributed by atoms with Crippen LogP contribution >= 0.6 is 11.3 Å². The molecule has 2 heterocycles. The van der Waals surface area contributed by atoms with Crippen molar-refractivity contribution >= 4 is 27.4 Å². The van der Waals surface area contributed by atoms with E-state index in [1.807, 2.05) is 19.1 Å². The first-order valence-electron chi connectivity index (χ1n) is 7.77. The Hall–Kier alpha value is -2.14. The van der Waals surface area contributed by atoms with Crippen molar-refractivity contribution in [1.82, 2.24) is 9.97 Å². The number of aryl methyl sites for hydroxylation is 3. The van der Waals surface area contributed by atoms with Gasteiger partial charge in [-0.15, -0.1) is 11.3 Å². The molecule has 4 nitrogen and oxygen atoms in total. The molecule has 0 amide bonds. The fraction of sp³-hybridized carbons (Fsp3) is 0.333. The molecule has 0 atom stereocenters. The van der Waals surface area contributed by atoms with Crippen LogP contribution in [0.4, 0.5) is 5.82 Å². The van der Waals surface area contributed by atoms with E-state index in [0.717, 1.165) is 47.0 Å². The van der Waals surface area contributed by atoms with Crippen LogP contribution in [-0.2, 0) is 6.42 Å². The molecular weight excluding hydrogens is 306 g/mol. The first-order valence-corrected chi connectivity index (χ1v) is 8.59. The molecule has 3 rings (SSSR count). The fourth-order valence-electron chi connectivity index (χ4n) is 2.57. The number of hydrogen-bond acceptors (Lipinski definition) is 5. The van der Waals surface area contributed by atoms with Crippen LogP contribution in [0, 0.1) is 13.8 Å². The minimum Gasteiger partial charge on any atom is -0.497 e. The largest absolute Gasteiger partial charge is 0.497 e. The van der Waals surface area contributed by atoms with E-state index < -0.39 is 0 Å². The van der Waals surface area contributed by atoms with Crippen molar-refractivity contribution in [2.24, 2.45) is 0 Å². The van der Waals surface area contributed by atoms with Crippen LogP contribution in [0.25, 0.3) is 10.2 Å². The van der Waals surface area contributed by atoms with Crippen molar-refractivity contribution in [2.45, 2.75) is 26.7 Å². The summed E-state index contributed by atoms with van der Waals surface area (Å²) in [6.45, 7) is 4.94. The molecule has 120 valence electrons. The van der Waals surface area contributed by atoms with E-state index in [4.69, 9.17) is 4.74 Å². The van der Waals surface area contributed by atoms with Crippen LogP contribution in [0.2, 0.25) is 0 Å². The Balaban J connectivity index is 1.60. The first-order chi connectivity index (χ1) is 11.2. The number of ether oxygens (including phenoxy) is 1. The summed E-state index contributed by atoms with van der Waals surface area (Å²) in [6.07, 6.45) is 2.09. The van der Waals surface area contributed by atoms with Gasteiger partial charge < -0.3 is 10.1 Å². The molecule has 0 aliphatic heterocycles. The van der Waals surface area contributed by atoms with Gasteiger partial charge in [-0.05, 0) is 50.5 Å². The molecule has 0 saturated carbocycles. The molecule has 0 unspecified atom stereocenters. The molecule has 0 radical (unpaired) electrons. The lowest BCUT2D eigenvalue weighted by molar-refractivity contribution is 0.414. The highest BCUT2D eigenvalue weighted by Gasteiger charge is 2.08. The van der Waals surface area contributed by atoms with Gasteiger partial charge in [-0.1, -0.05) is 12.1 Å². The molecular formula is C18H21N3OS. The molecule has 23 heavy (non-hydrogen) atoms. The van der Waals surface area contributed by atoms with E-state index in [1.165, 1.54) is 10.4 Å². The van der Waals surface area contributed by atoms with Crippen molar-refractivity contribution in [2.75, 3.05) is 19.0 Å². The smallest absolute Gasteiger partial charge is 0.138 e. The molecule has 1 N–H and O–H groups in total. The Morgan fingerprint density at radius 2 is 1.91 bits per heavy atom. The van der Waals surface area contributed by atoms with Crippen LogP contribution in [0.1, 0.15) is 22.7 Å². The van der Waals surface area contributed by atoms with Gasteiger partial charge >= 0.3 is 0 Å². The van der Waals surface area contributed by atoms with Gasteiger partial charge in [0.25, 0.3) is 0 Å². The normalized spacial score (nSPS) is 10.9. The van der Waals surface area contributed by atoms with Crippen molar-refractivity contribution in [3.8, 4) is 5.75 Å². The molecule has 0 bridgehead atoms. The van der Waals surface area contributed by atoms with E-state index >= 15 is 0 Å². The second-order valence-corrected chi connectivity index (χ2v) is 6.81. The first kappa shape index (κ1) is 15.7. The summed E-state index contributed by atoms with van der Waals surface area (Å²) in [4.78, 5) is 11.4. The van der Waals surface area contributed by atoms with Crippen LogP contribution in [0.15, 0.2) is 30.3 Å². The van der Waals surface area contributed by atoms with Crippen LogP contribution < -0.4 is 10.1 Å². The standard InChI is InChI=1S/C18H21N3OS/c1-12-11-16-17(20-13(2)21-18(16)23-12)19-10-4-5-14-6-8-15(22-3)9-7-14/h6-9,11H,4-5,10H2,1-3H3,(H,19,20,21). The van der Waals surface area contributed by atoms with Gasteiger partial charge in [0.2, 0.25) is 0 Å². The number of methoxy groups -OCH3 is 1. The second-order valence-electron chi connectivity index (χ2n) is 5.57. The molecule has 0 aliphatic rings. The maximum atomic E-state index is 5.18. The Bertz CT molecular complexity index is 796. The summed E-state index contributed by atoms with van der Waals surface area (Å²) in [7, 11) is 1.69. The van der Waals surface area contributed by atoms with Crippen molar-refractivity contribution in [3.63, 3.8) is 0 Å². The number of anilines is 1. The number of rotatable bonds is 6. The molecule has 5 heteroatoms. The van der Waals surface area contributed by atoms with Gasteiger partial charge in [0.05, 0.1) is 12.5 Å². The highest BCUT2D eigenvalue weighted by atomic mass is 32.1. The number of thiophene rings is 1. The van der Waals surface area contributed by atoms with Gasteiger partial charge in [0, 0.05) is 11.4 Å². The number of nitrogens with zero attached hydrogens (tertiary/aromatic N) is 2. The molecule has 2 aromatic heterocycles. The average molecular weight is 327 g/mol. The summed E-state index contributed by atoms with van der Waals surface area (Å²) in [5, 5.41) is 4.59. The number of benzene rings is 1. The predicted molar refractivity (Wildman–Crippen MR) is 96.7 cm³/mol. The molecule has 1 aromatic carbocycles. The van der Waals surface area contributed by atoms with E-state index in [0.29, 0.717) is 0 Å². The van der Waals surface area contributed by atoms with Gasteiger partial charge in [-0.2, -0.15) is 0 Å². The minimum atomic E-state index is 0.817. The Morgan fingerprint density at radius 3 is 2.65 bits per heavy atom. The summed E-state index contributed by atoms with van der Waals surface area (Å²) >= 11 is 1.72. The zero-order chi connectivity index (χ0) is 16.2. The second kappa shape index (κ2) is 6.96. The molecule has 0 aliphatic carbocycles. The highest BCUT2D eigenvalue weighted by molar-refractivity contribution is 7.18. The monoisotopic (exact) mass is 327 g/mol. The summed E-state index contributed by atoms with van der Waals surface area (Å²) < 4.78 is 5.18. The van der Waals surface area contributed by atoms with Gasteiger partial charge in [-0.3, -0.25) is 0 Å². The maximum absolute atomic E-state index is 5.18. The zero-order valence-corrected chi connectivity index (χ0v) is 14.5. The van der Waals surface area contributed by atoms with E-state index in [1.54, 1.807) is 18.4 Å². The van der Waals surface area contributed by atoms with E-state index in [2.05, 4.69) is 40.4 Å². The van der Waals surface area contributed by atoms with Crippen molar-refractivity contribution in [1.29, 1.82) is 0 Å². The lowest BCUT2D eigenvalue weighted by atomic mass is 10.1. The minimum absolute atomic E-state index is 0.817. The van der Waals surface area contributed by atoms with E-state index in [9.17, 15) is 0 Å². The van der Waals surface area contributed by atoms with Crippen molar-refractivity contribution in [3.05, 3.63) is 46.6 Å². The van der Waals surface area contributed by atoms with Gasteiger partial charge in [0.1, 0.15) is 22.2 Å². The third kappa shape index (κ3) is 3.79. The fourth-order valence-corrected chi connectivity index (χ4v) is 3.50. The topological polar surface area (TPSA) is 47.0 Å². The highest BCUT2D eigenvalue weighted by Crippen LogP contribution is 2.28. The lowest BCUT2D eigenvalue weighted by Crippen LogP contribution is -2.06. The SMILES string of the molecule is COc1ccc(CCCNc2nc(C)nc3sc(C)cc23)cc1. The number of aromatic nitrogens is 2. The molecule has 0 spiro atoms. The molecule has 0 fully saturated rings. The Kier molecular flexibility index (Phi) is 4.76. The van der Waals surface area contributed by atoms with Gasteiger partial charge in [-0.25, -0.2) is 9.97 Å². The maximum Gasteiger partial charge on any atom is 0.138 e. The number of hydrogen-bond donors (Lipinski definition) is 1. The van der Waals surface area contributed by atoms with Crippen LogP contribution in [-0.4, -0.2) is 23.6 Å².